The van der Waals surface area contributed by atoms with Gasteiger partial charge in [0.25, 0.3) is 0 Å². The molecule has 0 fully saturated rings. The zero-order valence-electron chi connectivity index (χ0n) is 11.7. The lowest BCUT2D eigenvalue weighted by molar-refractivity contribution is 0.0697. The average Bonchev–Trinajstić information content (AvgIpc) is 2.43. The molecular weight excluding hydrogens is 337 g/mol. The average molecular weight is 352 g/mol. The lowest BCUT2D eigenvalue weighted by atomic mass is 10.1. The summed E-state index contributed by atoms with van der Waals surface area (Å²) in [5, 5.41) is 12.3. The van der Waals surface area contributed by atoms with Gasteiger partial charge < -0.3 is 10.4 Å². The Labute approximate surface area is 130 Å². The summed E-state index contributed by atoms with van der Waals surface area (Å²) in [6, 6.07) is 9.67. The molecule has 2 N–H and O–H groups in total. The molecule has 0 aromatic heterocycles. The number of carbonyl (C=O) groups is 1. The van der Waals surface area contributed by atoms with Crippen molar-refractivity contribution in [1.29, 1.82) is 0 Å². The third-order valence-corrected chi connectivity index (χ3v) is 3.91. The lowest BCUT2D eigenvalue weighted by Gasteiger charge is -2.18. The first-order valence-electron chi connectivity index (χ1n) is 6.44. The maximum atomic E-state index is 13.3. The Hall–Kier alpha value is -1.88. The summed E-state index contributed by atoms with van der Waals surface area (Å²) in [5.41, 5.74) is 2.84. The van der Waals surface area contributed by atoms with Crippen LogP contribution in [0.1, 0.15) is 34.5 Å². The first-order chi connectivity index (χ1) is 9.88. The highest BCUT2D eigenvalue weighted by Gasteiger charge is 2.11. The van der Waals surface area contributed by atoms with Crippen LogP contribution >= 0.6 is 15.9 Å². The topological polar surface area (TPSA) is 49.3 Å². The molecule has 0 radical (unpaired) electrons. The van der Waals surface area contributed by atoms with E-state index >= 15 is 0 Å². The molecular formula is C16H15BrFNO2. The van der Waals surface area contributed by atoms with Gasteiger partial charge in [0.2, 0.25) is 0 Å². The van der Waals surface area contributed by atoms with Crippen LogP contribution in [0.25, 0.3) is 0 Å². The van der Waals surface area contributed by atoms with Crippen molar-refractivity contribution in [2.24, 2.45) is 0 Å². The Bertz CT molecular complexity index is 688. The molecule has 0 bridgehead atoms. The van der Waals surface area contributed by atoms with E-state index in [1.54, 1.807) is 30.3 Å². The number of benzene rings is 2. The van der Waals surface area contributed by atoms with E-state index in [1.807, 2.05) is 13.8 Å². The van der Waals surface area contributed by atoms with Crippen LogP contribution < -0.4 is 5.32 Å². The van der Waals surface area contributed by atoms with Crippen molar-refractivity contribution in [2.75, 3.05) is 5.32 Å². The predicted molar refractivity (Wildman–Crippen MR) is 84.3 cm³/mol. The highest BCUT2D eigenvalue weighted by atomic mass is 79.9. The van der Waals surface area contributed by atoms with Gasteiger partial charge in [-0.15, -0.1) is 0 Å². The molecule has 3 nitrogen and oxygen atoms in total. The van der Waals surface area contributed by atoms with Crippen molar-refractivity contribution < 1.29 is 14.3 Å². The number of halogens is 2. The summed E-state index contributed by atoms with van der Waals surface area (Å²) in [4.78, 5) is 11.0. The Balaban J connectivity index is 2.26. The largest absolute Gasteiger partial charge is 0.478 e. The van der Waals surface area contributed by atoms with Gasteiger partial charge in [-0.3, -0.25) is 0 Å². The van der Waals surface area contributed by atoms with Crippen LogP contribution in [0.15, 0.2) is 40.9 Å². The molecule has 0 saturated carbocycles. The molecule has 1 unspecified atom stereocenters. The molecule has 0 spiro atoms. The zero-order chi connectivity index (χ0) is 15.6. The molecule has 21 heavy (non-hydrogen) atoms. The van der Waals surface area contributed by atoms with E-state index in [2.05, 4.69) is 21.2 Å². The fraction of sp³-hybridized carbons (Fsp3) is 0.188. The summed E-state index contributed by atoms with van der Waals surface area (Å²) < 4.78 is 13.7. The Morgan fingerprint density at radius 3 is 2.62 bits per heavy atom. The second-order valence-electron chi connectivity index (χ2n) is 4.87. The minimum absolute atomic E-state index is 0.0790. The van der Waals surface area contributed by atoms with Gasteiger partial charge in [0.05, 0.1) is 10.0 Å². The molecule has 5 heteroatoms. The van der Waals surface area contributed by atoms with Gasteiger partial charge in [-0.1, -0.05) is 12.1 Å². The Kier molecular flexibility index (Phi) is 4.63. The van der Waals surface area contributed by atoms with E-state index in [0.717, 1.165) is 16.8 Å². The molecule has 2 aromatic carbocycles. The van der Waals surface area contributed by atoms with Crippen molar-refractivity contribution in [1.82, 2.24) is 0 Å². The highest BCUT2D eigenvalue weighted by Crippen LogP contribution is 2.26. The van der Waals surface area contributed by atoms with Gasteiger partial charge in [0.15, 0.2) is 0 Å². The van der Waals surface area contributed by atoms with Crippen LogP contribution in [0.2, 0.25) is 0 Å². The lowest BCUT2D eigenvalue weighted by Crippen LogP contribution is -2.09. The second kappa shape index (κ2) is 6.26. The van der Waals surface area contributed by atoms with Crippen LogP contribution in [0.4, 0.5) is 10.1 Å². The number of rotatable bonds is 4. The van der Waals surface area contributed by atoms with E-state index in [0.29, 0.717) is 4.47 Å². The van der Waals surface area contributed by atoms with E-state index < -0.39 is 5.97 Å². The van der Waals surface area contributed by atoms with Crippen LogP contribution in [0, 0.1) is 12.7 Å². The number of anilines is 1. The Morgan fingerprint density at radius 1 is 1.29 bits per heavy atom. The summed E-state index contributed by atoms with van der Waals surface area (Å²) in [6.45, 7) is 3.84. The smallest absolute Gasteiger partial charge is 0.335 e. The number of aromatic carboxylic acids is 1. The van der Waals surface area contributed by atoms with Gasteiger partial charge in [-0.25, -0.2) is 9.18 Å². The molecule has 2 rings (SSSR count). The third-order valence-electron chi connectivity index (χ3n) is 3.30. The third kappa shape index (κ3) is 3.61. The highest BCUT2D eigenvalue weighted by molar-refractivity contribution is 9.10. The second-order valence-corrected chi connectivity index (χ2v) is 5.73. The van der Waals surface area contributed by atoms with Gasteiger partial charge in [0.1, 0.15) is 5.82 Å². The van der Waals surface area contributed by atoms with Crippen LogP contribution in [-0.4, -0.2) is 11.1 Å². The molecule has 0 aliphatic rings. The quantitative estimate of drug-likeness (QED) is 0.834. The standard InChI is InChI=1S/C16H15BrFNO2/c1-9-3-4-12(16(20)21)8-15(9)19-10(2)11-5-6-14(18)13(17)7-11/h3-8,10,19H,1-2H3,(H,20,21). The molecule has 0 saturated heterocycles. The number of carboxylic acids is 1. The van der Waals surface area contributed by atoms with E-state index in [9.17, 15) is 9.18 Å². The monoisotopic (exact) mass is 351 g/mol. The molecule has 0 heterocycles. The number of nitrogens with one attached hydrogen (secondary N) is 1. The molecule has 110 valence electrons. The minimum atomic E-state index is -0.963. The van der Waals surface area contributed by atoms with Crippen molar-refractivity contribution >= 4 is 27.6 Å². The summed E-state index contributed by atoms with van der Waals surface area (Å²) in [5.74, 6) is -1.27. The summed E-state index contributed by atoms with van der Waals surface area (Å²) >= 11 is 3.16. The van der Waals surface area contributed by atoms with E-state index in [-0.39, 0.29) is 17.4 Å². The van der Waals surface area contributed by atoms with Gasteiger partial charge in [-0.2, -0.15) is 0 Å². The minimum Gasteiger partial charge on any atom is -0.478 e. The van der Waals surface area contributed by atoms with Crippen LogP contribution in [0.5, 0.6) is 0 Å². The molecule has 0 amide bonds. The molecule has 0 aliphatic heterocycles. The SMILES string of the molecule is Cc1ccc(C(=O)O)cc1NC(C)c1ccc(F)c(Br)c1. The van der Waals surface area contributed by atoms with Gasteiger partial charge in [0, 0.05) is 11.7 Å². The maximum absolute atomic E-state index is 13.3. The van der Waals surface area contributed by atoms with Gasteiger partial charge in [-0.05, 0) is 65.2 Å². The number of hydrogen-bond acceptors (Lipinski definition) is 2. The van der Waals surface area contributed by atoms with Crippen LogP contribution in [0.3, 0.4) is 0 Å². The number of aryl methyl sites for hydroxylation is 1. The maximum Gasteiger partial charge on any atom is 0.335 e. The Morgan fingerprint density at radius 2 is 2.00 bits per heavy atom. The zero-order valence-corrected chi connectivity index (χ0v) is 13.2. The number of carboxylic acid groups (broad SMARTS) is 1. The van der Waals surface area contributed by atoms with Gasteiger partial charge >= 0.3 is 5.97 Å². The molecule has 0 aliphatic carbocycles. The summed E-state index contributed by atoms with van der Waals surface area (Å²) in [7, 11) is 0. The fourth-order valence-electron chi connectivity index (χ4n) is 2.01. The van der Waals surface area contributed by atoms with E-state index in [4.69, 9.17) is 5.11 Å². The first-order valence-corrected chi connectivity index (χ1v) is 7.23. The molecule has 2 aromatic rings. The predicted octanol–water partition coefficient (Wildman–Crippen LogP) is 4.77. The van der Waals surface area contributed by atoms with Crippen molar-refractivity contribution in [3.63, 3.8) is 0 Å². The summed E-state index contributed by atoms with van der Waals surface area (Å²) in [6.07, 6.45) is 0. The molecule has 1 atom stereocenters. The van der Waals surface area contributed by atoms with Crippen molar-refractivity contribution in [3.8, 4) is 0 Å². The fourth-order valence-corrected chi connectivity index (χ4v) is 2.41. The number of hydrogen-bond donors (Lipinski definition) is 2. The van der Waals surface area contributed by atoms with Crippen LogP contribution in [-0.2, 0) is 0 Å². The van der Waals surface area contributed by atoms with Crippen molar-refractivity contribution in [2.45, 2.75) is 19.9 Å². The van der Waals surface area contributed by atoms with Crippen molar-refractivity contribution in [3.05, 3.63) is 63.4 Å². The van der Waals surface area contributed by atoms with E-state index in [1.165, 1.54) is 6.07 Å². The normalized spacial score (nSPS) is 12.0. The first kappa shape index (κ1) is 15.5.